The molecule has 0 spiro atoms. The van der Waals surface area contributed by atoms with Crippen LogP contribution in [-0.2, 0) is 22.6 Å². The number of nitrogens with one attached hydrogen (secondary N) is 2. The number of aromatic nitrogens is 2. The van der Waals surface area contributed by atoms with E-state index in [4.69, 9.17) is 14.6 Å². The topological polar surface area (TPSA) is 96.5 Å². The number of H-pyrrole nitrogens is 1. The third-order valence-electron chi connectivity index (χ3n) is 4.99. The van der Waals surface area contributed by atoms with Crippen molar-refractivity contribution in [3.63, 3.8) is 0 Å². The first-order valence-corrected chi connectivity index (χ1v) is 9.31. The largest absolute Gasteiger partial charge is 0.486 e. The first-order chi connectivity index (χ1) is 13.1. The molecule has 1 saturated heterocycles. The molecule has 1 aliphatic rings. The molecule has 7 nitrogen and oxygen atoms in total. The van der Waals surface area contributed by atoms with Gasteiger partial charge < -0.3 is 19.9 Å². The number of aliphatic hydroxyl groups is 1. The van der Waals surface area contributed by atoms with E-state index in [1.807, 2.05) is 38.1 Å². The van der Waals surface area contributed by atoms with E-state index >= 15 is 0 Å². The van der Waals surface area contributed by atoms with E-state index in [0.29, 0.717) is 38.2 Å². The average molecular weight is 373 g/mol. The quantitative estimate of drug-likeness (QED) is 0.688. The van der Waals surface area contributed by atoms with Gasteiger partial charge in [0.15, 0.2) is 0 Å². The Morgan fingerprint density at radius 1 is 1.37 bits per heavy atom. The Morgan fingerprint density at radius 2 is 2.15 bits per heavy atom. The summed E-state index contributed by atoms with van der Waals surface area (Å²) in [7, 11) is 0. The minimum absolute atomic E-state index is 0.000497. The maximum atomic E-state index is 12.4. The lowest BCUT2D eigenvalue weighted by Crippen LogP contribution is -2.51. The van der Waals surface area contributed by atoms with Crippen LogP contribution in [0.4, 0.5) is 0 Å². The number of rotatable bonds is 7. The summed E-state index contributed by atoms with van der Waals surface area (Å²) < 4.78 is 11.5. The maximum absolute atomic E-state index is 12.4. The van der Waals surface area contributed by atoms with E-state index in [-0.39, 0.29) is 24.7 Å². The predicted molar refractivity (Wildman–Crippen MR) is 101 cm³/mol. The van der Waals surface area contributed by atoms with Crippen molar-refractivity contribution in [3.05, 3.63) is 46.8 Å². The Kier molecular flexibility index (Phi) is 6.47. The highest BCUT2D eigenvalue weighted by atomic mass is 16.5. The van der Waals surface area contributed by atoms with Crippen molar-refractivity contribution >= 4 is 5.91 Å². The molecule has 0 aliphatic carbocycles. The van der Waals surface area contributed by atoms with Crippen LogP contribution in [0.25, 0.3) is 0 Å². The zero-order valence-electron chi connectivity index (χ0n) is 15.8. The lowest BCUT2D eigenvalue weighted by Gasteiger charge is -2.32. The van der Waals surface area contributed by atoms with Gasteiger partial charge in [0.05, 0.1) is 24.9 Å². The SMILES string of the molecule is Cc1[nH]nc(CCC(=O)N[C@@H]2CCOC[C@H]2Oc2ccc(CO)cc2)c1C. The highest BCUT2D eigenvalue weighted by molar-refractivity contribution is 5.76. The van der Waals surface area contributed by atoms with Gasteiger partial charge >= 0.3 is 0 Å². The van der Waals surface area contributed by atoms with Gasteiger partial charge in [-0.1, -0.05) is 12.1 Å². The Bertz CT molecular complexity index is 757. The number of hydrogen-bond acceptors (Lipinski definition) is 5. The molecule has 2 heterocycles. The molecule has 2 aromatic rings. The fourth-order valence-electron chi connectivity index (χ4n) is 3.13. The van der Waals surface area contributed by atoms with Crippen LogP contribution in [0.5, 0.6) is 5.75 Å². The molecule has 27 heavy (non-hydrogen) atoms. The highest BCUT2D eigenvalue weighted by Gasteiger charge is 2.29. The van der Waals surface area contributed by atoms with E-state index in [2.05, 4.69) is 15.5 Å². The van der Waals surface area contributed by atoms with Crippen molar-refractivity contribution in [1.82, 2.24) is 15.5 Å². The smallest absolute Gasteiger partial charge is 0.220 e. The molecule has 2 atom stereocenters. The molecule has 0 unspecified atom stereocenters. The fraction of sp³-hybridized carbons (Fsp3) is 0.500. The zero-order valence-corrected chi connectivity index (χ0v) is 15.8. The molecule has 0 bridgehead atoms. The van der Waals surface area contributed by atoms with Crippen LogP contribution in [0, 0.1) is 13.8 Å². The lowest BCUT2D eigenvalue weighted by molar-refractivity contribution is -0.123. The van der Waals surface area contributed by atoms with Crippen LogP contribution in [0.1, 0.15) is 35.4 Å². The summed E-state index contributed by atoms with van der Waals surface area (Å²) in [5.74, 6) is 0.691. The highest BCUT2D eigenvalue weighted by Crippen LogP contribution is 2.19. The third-order valence-corrected chi connectivity index (χ3v) is 4.99. The molecule has 1 amide bonds. The number of hydrogen-bond donors (Lipinski definition) is 3. The minimum Gasteiger partial charge on any atom is -0.486 e. The Balaban J connectivity index is 1.54. The van der Waals surface area contributed by atoms with Crippen molar-refractivity contribution in [3.8, 4) is 5.75 Å². The number of aryl methyl sites for hydroxylation is 2. The van der Waals surface area contributed by atoms with E-state index in [1.54, 1.807) is 0 Å². The molecule has 0 radical (unpaired) electrons. The third kappa shape index (κ3) is 5.08. The number of aromatic amines is 1. The zero-order chi connectivity index (χ0) is 19.2. The van der Waals surface area contributed by atoms with Gasteiger partial charge in [0.2, 0.25) is 5.91 Å². The Labute approximate surface area is 159 Å². The molecular weight excluding hydrogens is 346 g/mol. The van der Waals surface area contributed by atoms with Gasteiger partial charge in [-0.15, -0.1) is 0 Å². The molecule has 3 rings (SSSR count). The number of aliphatic hydroxyl groups excluding tert-OH is 1. The van der Waals surface area contributed by atoms with E-state index in [0.717, 1.165) is 22.5 Å². The van der Waals surface area contributed by atoms with Gasteiger partial charge in [-0.25, -0.2) is 0 Å². The van der Waals surface area contributed by atoms with Gasteiger partial charge in [0, 0.05) is 25.1 Å². The number of carbonyl (C=O) groups is 1. The maximum Gasteiger partial charge on any atom is 0.220 e. The van der Waals surface area contributed by atoms with Crippen molar-refractivity contribution in [2.24, 2.45) is 0 Å². The summed E-state index contributed by atoms with van der Waals surface area (Å²) in [6, 6.07) is 7.19. The molecule has 1 aromatic heterocycles. The standard InChI is InChI=1S/C20H27N3O4/c1-13-14(2)22-23-17(13)7-8-20(25)21-18-9-10-26-12-19(18)27-16-5-3-15(11-24)4-6-16/h3-6,18-19,24H,7-12H2,1-2H3,(H,21,25)(H,22,23)/t18-,19-/m1/s1. The molecule has 0 saturated carbocycles. The van der Waals surface area contributed by atoms with Gasteiger partial charge in [0.1, 0.15) is 11.9 Å². The van der Waals surface area contributed by atoms with Crippen molar-refractivity contribution in [2.45, 2.75) is 51.9 Å². The number of nitrogens with zero attached hydrogens (tertiary/aromatic N) is 1. The lowest BCUT2D eigenvalue weighted by atomic mass is 10.0. The summed E-state index contributed by atoms with van der Waals surface area (Å²) in [5.41, 5.74) is 3.92. The van der Waals surface area contributed by atoms with Crippen molar-refractivity contribution in [1.29, 1.82) is 0 Å². The Hall–Kier alpha value is -2.38. The number of carbonyl (C=O) groups excluding carboxylic acids is 1. The second-order valence-electron chi connectivity index (χ2n) is 6.92. The van der Waals surface area contributed by atoms with Gasteiger partial charge in [-0.3, -0.25) is 9.89 Å². The van der Waals surface area contributed by atoms with Crippen LogP contribution in [-0.4, -0.2) is 46.6 Å². The molecule has 1 aliphatic heterocycles. The summed E-state index contributed by atoms with van der Waals surface area (Å²) in [4.78, 5) is 12.4. The normalized spacial score (nSPS) is 19.7. The van der Waals surface area contributed by atoms with E-state index < -0.39 is 0 Å². The molecule has 7 heteroatoms. The number of benzene rings is 1. The second-order valence-corrected chi connectivity index (χ2v) is 6.92. The summed E-state index contributed by atoms with van der Waals surface area (Å²) in [5, 5.41) is 19.4. The number of ether oxygens (including phenoxy) is 2. The van der Waals surface area contributed by atoms with Crippen LogP contribution in [0.2, 0.25) is 0 Å². The van der Waals surface area contributed by atoms with Gasteiger partial charge in [-0.05, 0) is 43.5 Å². The van der Waals surface area contributed by atoms with E-state index in [9.17, 15) is 4.79 Å². The van der Waals surface area contributed by atoms with Crippen LogP contribution < -0.4 is 10.1 Å². The van der Waals surface area contributed by atoms with Crippen molar-refractivity contribution < 1.29 is 19.4 Å². The van der Waals surface area contributed by atoms with Crippen molar-refractivity contribution in [2.75, 3.05) is 13.2 Å². The average Bonchev–Trinajstić information content (AvgIpc) is 3.00. The molecule has 3 N–H and O–H groups in total. The van der Waals surface area contributed by atoms with Gasteiger partial charge in [-0.2, -0.15) is 5.10 Å². The first kappa shape index (κ1) is 19.4. The first-order valence-electron chi connectivity index (χ1n) is 9.31. The summed E-state index contributed by atoms with van der Waals surface area (Å²) in [6.45, 7) is 5.02. The second kappa shape index (κ2) is 9.01. The predicted octanol–water partition coefficient (Wildman–Crippen LogP) is 1.80. The molecule has 1 aromatic carbocycles. The van der Waals surface area contributed by atoms with Crippen LogP contribution in [0.15, 0.2) is 24.3 Å². The monoisotopic (exact) mass is 373 g/mol. The molecule has 146 valence electrons. The van der Waals surface area contributed by atoms with Crippen LogP contribution in [0.3, 0.4) is 0 Å². The Morgan fingerprint density at radius 3 is 2.81 bits per heavy atom. The van der Waals surface area contributed by atoms with Crippen LogP contribution >= 0.6 is 0 Å². The summed E-state index contributed by atoms with van der Waals surface area (Å²) >= 11 is 0. The minimum atomic E-state index is -0.239. The summed E-state index contributed by atoms with van der Waals surface area (Å²) in [6.07, 6.45) is 1.47. The van der Waals surface area contributed by atoms with E-state index in [1.165, 1.54) is 0 Å². The fourth-order valence-corrected chi connectivity index (χ4v) is 3.13. The molecular formula is C20H27N3O4. The number of amides is 1. The molecule has 1 fully saturated rings. The van der Waals surface area contributed by atoms with Gasteiger partial charge in [0.25, 0.3) is 0 Å².